The number of nitrogen functional groups attached to an aromatic ring is 1. The van der Waals surface area contributed by atoms with Crippen LogP contribution in [0.2, 0.25) is 0 Å². The van der Waals surface area contributed by atoms with Crippen molar-refractivity contribution in [3.63, 3.8) is 0 Å². The summed E-state index contributed by atoms with van der Waals surface area (Å²) in [6, 6.07) is 11.8. The van der Waals surface area contributed by atoms with E-state index in [1.54, 1.807) is 0 Å². The maximum absolute atomic E-state index is 9.72. The van der Waals surface area contributed by atoms with Gasteiger partial charge in [-0.25, -0.2) is 15.0 Å². The monoisotopic (exact) mass is 425 g/mol. The topological polar surface area (TPSA) is 119 Å². The predicted molar refractivity (Wildman–Crippen MR) is 124 cm³/mol. The van der Waals surface area contributed by atoms with Gasteiger partial charge >= 0.3 is 0 Å². The number of pyridine rings is 1. The number of nitrogens with one attached hydrogen (secondary N) is 1. The highest BCUT2D eigenvalue weighted by molar-refractivity contribution is 5.95. The number of rotatable bonds is 5. The number of aromatic amines is 1. The standard InChI is InChI=1S/C24H23N7O/c1-14(2)31-12-17(10-28-31)16-7-19-20(11-27-23(19)26-9-16)22-8-21(29-24(25)30-22)18-6-4-3-5-15(18)13-32/h3-12,14,32H,13H2,1-2H3,(H,26,27)(H2,25,29,30). The molecular formula is C24H23N7O. The normalized spacial score (nSPS) is 11.5. The summed E-state index contributed by atoms with van der Waals surface area (Å²) in [6.45, 7) is 4.10. The van der Waals surface area contributed by atoms with Crippen molar-refractivity contribution in [3.05, 3.63) is 66.7 Å². The molecule has 0 saturated heterocycles. The van der Waals surface area contributed by atoms with Crippen molar-refractivity contribution in [2.24, 2.45) is 0 Å². The zero-order valence-corrected chi connectivity index (χ0v) is 17.8. The van der Waals surface area contributed by atoms with Gasteiger partial charge in [0.1, 0.15) is 5.65 Å². The van der Waals surface area contributed by atoms with E-state index in [0.29, 0.717) is 11.4 Å². The molecule has 5 rings (SSSR count). The molecule has 8 nitrogen and oxygen atoms in total. The number of nitrogens with two attached hydrogens (primary N) is 1. The molecule has 0 amide bonds. The maximum atomic E-state index is 9.72. The van der Waals surface area contributed by atoms with E-state index in [2.05, 4.69) is 44.9 Å². The van der Waals surface area contributed by atoms with Gasteiger partial charge in [0.15, 0.2) is 0 Å². The van der Waals surface area contributed by atoms with E-state index in [0.717, 1.165) is 38.9 Å². The Hall–Kier alpha value is -4.04. The summed E-state index contributed by atoms with van der Waals surface area (Å²) in [5.41, 5.74) is 12.6. The van der Waals surface area contributed by atoms with Crippen LogP contribution in [0, 0.1) is 0 Å². The summed E-state index contributed by atoms with van der Waals surface area (Å²) in [5, 5.41) is 15.1. The van der Waals surface area contributed by atoms with Crippen LogP contribution in [0.4, 0.5) is 5.95 Å². The SMILES string of the molecule is CC(C)n1cc(-c2cnc3[nH]cc(-c4cc(-c5ccccc5CO)nc(N)n4)c3c2)cn1. The molecule has 8 heteroatoms. The lowest BCUT2D eigenvalue weighted by molar-refractivity contribution is 0.282. The first-order valence-corrected chi connectivity index (χ1v) is 10.4. The van der Waals surface area contributed by atoms with Crippen LogP contribution in [0.1, 0.15) is 25.5 Å². The Morgan fingerprint density at radius 1 is 1.03 bits per heavy atom. The Labute approximate surface area is 184 Å². The molecular weight excluding hydrogens is 402 g/mol. The lowest BCUT2D eigenvalue weighted by Gasteiger charge is -2.09. The third-order valence-electron chi connectivity index (χ3n) is 5.48. The molecule has 0 unspecified atom stereocenters. The summed E-state index contributed by atoms with van der Waals surface area (Å²) in [4.78, 5) is 16.7. The minimum Gasteiger partial charge on any atom is -0.392 e. The molecule has 0 bridgehead atoms. The second-order valence-electron chi connectivity index (χ2n) is 7.94. The zero-order valence-electron chi connectivity index (χ0n) is 17.8. The van der Waals surface area contributed by atoms with E-state index in [4.69, 9.17) is 5.73 Å². The third-order valence-corrected chi connectivity index (χ3v) is 5.48. The number of benzene rings is 1. The van der Waals surface area contributed by atoms with E-state index in [1.807, 2.05) is 59.8 Å². The van der Waals surface area contributed by atoms with Crippen molar-refractivity contribution in [2.45, 2.75) is 26.5 Å². The van der Waals surface area contributed by atoms with E-state index in [-0.39, 0.29) is 18.6 Å². The van der Waals surface area contributed by atoms with E-state index in [1.165, 1.54) is 0 Å². The minimum atomic E-state index is -0.0835. The molecule has 4 aromatic heterocycles. The molecule has 0 radical (unpaired) electrons. The fourth-order valence-corrected chi connectivity index (χ4v) is 3.79. The molecule has 4 heterocycles. The molecule has 0 aliphatic heterocycles. The second kappa shape index (κ2) is 7.90. The fraction of sp³-hybridized carbons (Fsp3) is 0.167. The van der Waals surface area contributed by atoms with Gasteiger partial charge in [0.25, 0.3) is 0 Å². The quantitative estimate of drug-likeness (QED) is 0.388. The Kier molecular flexibility index (Phi) is 4.91. The van der Waals surface area contributed by atoms with E-state index >= 15 is 0 Å². The number of H-pyrrole nitrogens is 1. The fourth-order valence-electron chi connectivity index (χ4n) is 3.79. The van der Waals surface area contributed by atoms with Crippen LogP contribution < -0.4 is 5.73 Å². The minimum absolute atomic E-state index is 0.0835. The van der Waals surface area contributed by atoms with Crippen molar-refractivity contribution in [1.82, 2.24) is 29.7 Å². The van der Waals surface area contributed by atoms with Crippen LogP contribution in [0.3, 0.4) is 0 Å². The zero-order chi connectivity index (χ0) is 22.2. The van der Waals surface area contributed by atoms with Gasteiger partial charge in [0.2, 0.25) is 5.95 Å². The largest absolute Gasteiger partial charge is 0.392 e. The van der Waals surface area contributed by atoms with Crippen LogP contribution in [-0.2, 0) is 6.61 Å². The van der Waals surface area contributed by atoms with E-state index < -0.39 is 0 Å². The Morgan fingerprint density at radius 3 is 2.56 bits per heavy atom. The van der Waals surface area contributed by atoms with E-state index in [9.17, 15) is 5.11 Å². The molecule has 160 valence electrons. The smallest absolute Gasteiger partial charge is 0.221 e. The first-order valence-electron chi connectivity index (χ1n) is 10.4. The third kappa shape index (κ3) is 3.50. The average Bonchev–Trinajstić information content (AvgIpc) is 3.46. The molecule has 0 saturated carbocycles. The summed E-state index contributed by atoms with van der Waals surface area (Å²) in [6.07, 6.45) is 7.58. The molecule has 0 atom stereocenters. The van der Waals surface area contributed by atoms with Gasteiger partial charge < -0.3 is 15.8 Å². The number of aliphatic hydroxyl groups is 1. The number of anilines is 1. The van der Waals surface area contributed by atoms with Crippen LogP contribution >= 0.6 is 0 Å². The van der Waals surface area contributed by atoms with Crippen molar-refractivity contribution in [2.75, 3.05) is 5.73 Å². The number of fused-ring (bicyclic) bond motifs is 1. The second-order valence-corrected chi connectivity index (χ2v) is 7.94. The molecule has 1 aromatic carbocycles. The van der Waals surface area contributed by atoms with Crippen LogP contribution in [0.5, 0.6) is 0 Å². The lowest BCUT2D eigenvalue weighted by Crippen LogP contribution is -2.00. The maximum Gasteiger partial charge on any atom is 0.221 e. The average molecular weight is 425 g/mol. The number of aromatic nitrogens is 6. The van der Waals surface area contributed by atoms with Gasteiger partial charge in [0.05, 0.1) is 24.2 Å². The van der Waals surface area contributed by atoms with Crippen LogP contribution in [-0.4, -0.2) is 34.8 Å². The number of hydrogen-bond acceptors (Lipinski definition) is 6. The van der Waals surface area contributed by atoms with Crippen LogP contribution in [0.25, 0.3) is 44.7 Å². The number of nitrogens with zero attached hydrogens (tertiary/aromatic N) is 5. The molecule has 0 aliphatic rings. The molecule has 4 N–H and O–H groups in total. The van der Waals surface area contributed by atoms with Crippen molar-refractivity contribution < 1.29 is 5.11 Å². The Bertz CT molecular complexity index is 1420. The molecule has 0 fully saturated rings. The first kappa shape index (κ1) is 19.9. The highest BCUT2D eigenvalue weighted by Crippen LogP contribution is 2.33. The number of aliphatic hydroxyl groups excluding tert-OH is 1. The summed E-state index contributed by atoms with van der Waals surface area (Å²) >= 11 is 0. The van der Waals surface area contributed by atoms with Gasteiger partial charge in [-0.15, -0.1) is 0 Å². The van der Waals surface area contributed by atoms with Gasteiger partial charge in [-0.05, 0) is 31.5 Å². The van der Waals surface area contributed by atoms with Gasteiger partial charge in [-0.1, -0.05) is 24.3 Å². The predicted octanol–water partition coefficient (Wildman–Crippen LogP) is 4.21. The Morgan fingerprint density at radius 2 is 1.81 bits per heavy atom. The first-order chi connectivity index (χ1) is 15.5. The van der Waals surface area contributed by atoms with Gasteiger partial charge in [-0.2, -0.15) is 5.10 Å². The highest BCUT2D eigenvalue weighted by Gasteiger charge is 2.15. The summed E-state index contributed by atoms with van der Waals surface area (Å²) in [7, 11) is 0. The molecule has 0 aliphatic carbocycles. The van der Waals surface area contributed by atoms with Gasteiger partial charge in [0, 0.05) is 52.3 Å². The summed E-state index contributed by atoms with van der Waals surface area (Å²) in [5.74, 6) is 0.168. The Balaban J connectivity index is 1.62. The highest BCUT2D eigenvalue weighted by atomic mass is 16.3. The summed E-state index contributed by atoms with van der Waals surface area (Å²) < 4.78 is 1.92. The molecule has 5 aromatic rings. The van der Waals surface area contributed by atoms with Gasteiger partial charge in [-0.3, -0.25) is 4.68 Å². The van der Waals surface area contributed by atoms with Crippen LogP contribution in [0.15, 0.2) is 61.2 Å². The van der Waals surface area contributed by atoms with Crippen molar-refractivity contribution in [1.29, 1.82) is 0 Å². The van der Waals surface area contributed by atoms with Crippen molar-refractivity contribution in [3.8, 4) is 33.6 Å². The molecule has 0 spiro atoms. The van der Waals surface area contributed by atoms with Crippen molar-refractivity contribution >= 4 is 17.0 Å². The number of hydrogen-bond donors (Lipinski definition) is 3. The molecule has 32 heavy (non-hydrogen) atoms. The lowest BCUT2D eigenvalue weighted by atomic mass is 10.0.